The van der Waals surface area contributed by atoms with Crippen molar-refractivity contribution in [2.75, 3.05) is 5.32 Å². The molecule has 156 valence electrons. The van der Waals surface area contributed by atoms with Crippen molar-refractivity contribution < 1.29 is 23.9 Å². The highest BCUT2D eigenvalue weighted by atomic mass is 16.5. The predicted molar refractivity (Wildman–Crippen MR) is 115 cm³/mol. The molecule has 7 nitrogen and oxygen atoms in total. The number of hydrogen-bond donors (Lipinski definition) is 1. The van der Waals surface area contributed by atoms with Crippen LogP contribution < -0.4 is 5.32 Å². The Morgan fingerprint density at radius 1 is 0.839 bits per heavy atom. The summed E-state index contributed by atoms with van der Waals surface area (Å²) in [5.41, 5.74) is 1.06. The zero-order chi connectivity index (χ0) is 22.1. The minimum atomic E-state index is -1.16. The van der Waals surface area contributed by atoms with Crippen molar-refractivity contribution in [3.63, 3.8) is 0 Å². The van der Waals surface area contributed by atoms with E-state index in [9.17, 15) is 19.2 Å². The van der Waals surface area contributed by atoms with Crippen molar-refractivity contribution >= 4 is 40.2 Å². The van der Waals surface area contributed by atoms with Gasteiger partial charge in [-0.25, -0.2) is 4.79 Å². The fourth-order valence-electron chi connectivity index (χ4n) is 3.50. The average Bonchev–Trinajstić information content (AvgIpc) is 3.03. The summed E-state index contributed by atoms with van der Waals surface area (Å²) in [6, 6.07) is 18.4. The molecule has 3 aromatic carbocycles. The molecule has 0 unspecified atom stereocenters. The smallest absolute Gasteiger partial charge is 0.329 e. The highest BCUT2D eigenvalue weighted by Gasteiger charge is 2.41. The number of fused-ring (bicyclic) bond motifs is 2. The number of amides is 3. The van der Waals surface area contributed by atoms with E-state index in [2.05, 4.69) is 5.32 Å². The van der Waals surface area contributed by atoms with Gasteiger partial charge in [-0.2, -0.15) is 0 Å². The SMILES string of the molecule is C[C@H](OC(=O)[C@H](C)N1C(=O)c2ccccc2C1=O)C(=O)Nc1ccc2ccccc2c1. The molecule has 1 heterocycles. The van der Waals surface area contributed by atoms with Crippen molar-refractivity contribution in [3.8, 4) is 0 Å². The molecule has 0 fully saturated rings. The number of rotatable bonds is 5. The molecular formula is C24H20N2O5. The van der Waals surface area contributed by atoms with E-state index in [4.69, 9.17) is 4.74 Å². The number of hydrogen-bond acceptors (Lipinski definition) is 5. The largest absolute Gasteiger partial charge is 0.451 e. The van der Waals surface area contributed by atoms with E-state index in [1.165, 1.54) is 26.0 Å². The maximum atomic E-state index is 12.6. The Morgan fingerprint density at radius 3 is 2.06 bits per heavy atom. The van der Waals surface area contributed by atoms with Gasteiger partial charge < -0.3 is 10.1 Å². The lowest BCUT2D eigenvalue weighted by Gasteiger charge is -2.22. The molecule has 2 atom stereocenters. The van der Waals surface area contributed by atoms with Crippen LogP contribution in [0.15, 0.2) is 66.7 Å². The molecule has 0 saturated carbocycles. The van der Waals surface area contributed by atoms with Gasteiger partial charge >= 0.3 is 5.97 Å². The first kappa shape index (κ1) is 20.3. The molecule has 0 saturated heterocycles. The van der Waals surface area contributed by atoms with Crippen LogP contribution >= 0.6 is 0 Å². The van der Waals surface area contributed by atoms with Crippen LogP contribution in [0.25, 0.3) is 10.8 Å². The van der Waals surface area contributed by atoms with Crippen molar-refractivity contribution in [1.82, 2.24) is 4.90 Å². The van der Waals surface area contributed by atoms with Crippen molar-refractivity contribution in [2.45, 2.75) is 26.0 Å². The van der Waals surface area contributed by atoms with Gasteiger partial charge in [0, 0.05) is 5.69 Å². The van der Waals surface area contributed by atoms with Crippen molar-refractivity contribution in [1.29, 1.82) is 0 Å². The van der Waals surface area contributed by atoms with Gasteiger partial charge in [-0.3, -0.25) is 19.3 Å². The van der Waals surface area contributed by atoms with Gasteiger partial charge in [-0.1, -0.05) is 42.5 Å². The first-order valence-electron chi connectivity index (χ1n) is 9.84. The Hall–Kier alpha value is -4.00. The number of carbonyl (C=O) groups excluding carboxylic acids is 4. The molecule has 0 aliphatic carbocycles. The first-order valence-corrected chi connectivity index (χ1v) is 9.84. The summed E-state index contributed by atoms with van der Waals surface area (Å²) in [4.78, 5) is 51.0. The predicted octanol–water partition coefficient (Wildman–Crippen LogP) is 3.39. The molecule has 7 heteroatoms. The van der Waals surface area contributed by atoms with Gasteiger partial charge in [-0.15, -0.1) is 0 Å². The Balaban J connectivity index is 1.41. The number of benzene rings is 3. The van der Waals surface area contributed by atoms with Gasteiger partial charge in [0.2, 0.25) is 0 Å². The molecule has 0 aromatic heterocycles. The number of esters is 1. The standard InChI is InChI=1S/C24H20N2O5/c1-14(26-22(28)19-9-5-6-10-20(19)23(26)29)24(30)31-15(2)21(27)25-18-12-11-16-7-3-4-8-17(16)13-18/h3-15H,1-2H3,(H,25,27)/t14-,15-/m0/s1. The van der Waals surface area contributed by atoms with Crippen LogP contribution in [0.4, 0.5) is 5.69 Å². The van der Waals surface area contributed by atoms with Crippen LogP contribution in [0.1, 0.15) is 34.6 Å². The van der Waals surface area contributed by atoms with Gasteiger partial charge in [0.1, 0.15) is 6.04 Å². The lowest BCUT2D eigenvalue weighted by molar-refractivity contribution is -0.156. The van der Waals surface area contributed by atoms with E-state index in [1.807, 2.05) is 36.4 Å². The van der Waals surface area contributed by atoms with Crippen LogP contribution in [0, 0.1) is 0 Å². The van der Waals surface area contributed by atoms with Gasteiger partial charge in [0.25, 0.3) is 17.7 Å². The third-order valence-electron chi connectivity index (χ3n) is 5.23. The quantitative estimate of drug-likeness (QED) is 0.508. The van der Waals surface area contributed by atoms with Gasteiger partial charge in [0.15, 0.2) is 6.10 Å². The Morgan fingerprint density at radius 2 is 1.42 bits per heavy atom. The Kier molecular flexibility index (Phi) is 5.25. The lowest BCUT2D eigenvalue weighted by Crippen LogP contribution is -2.45. The molecular weight excluding hydrogens is 396 g/mol. The molecule has 0 radical (unpaired) electrons. The monoisotopic (exact) mass is 416 g/mol. The minimum Gasteiger partial charge on any atom is -0.451 e. The number of anilines is 1. The highest BCUT2D eigenvalue weighted by Crippen LogP contribution is 2.25. The number of imide groups is 1. The number of nitrogens with one attached hydrogen (secondary N) is 1. The van der Waals surface area contributed by atoms with E-state index >= 15 is 0 Å². The summed E-state index contributed by atoms with van der Waals surface area (Å²) >= 11 is 0. The second kappa shape index (κ2) is 8.02. The van der Waals surface area contributed by atoms with E-state index in [-0.39, 0.29) is 11.1 Å². The van der Waals surface area contributed by atoms with E-state index in [0.29, 0.717) is 5.69 Å². The average molecular weight is 416 g/mol. The summed E-state index contributed by atoms with van der Waals surface area (Å²) in [6.45, 7) is 2.83. The van der Waals surface area contributed by atoms with Crippen LogP contribution in [0.5, 0.6) is 0 Å². The normalized spacial score (nSPS) is 14.8. The zero-order valence-electron chi connectivity index (χ0n) is 17.0. The van der Waals surface area contributed by atoms with Crippen molar-refractivity contribution in [3.05, 3.63) is 77.9 Å². The minimum absolute atomic E-state index is 0.245. The summed E-state index contributed by atoms with van der Waals surface area (Å²) in [6.07, 6.45) is -1.11. The molecule has 1 aliphatic rings. The van der Waals surface area contributed by atoms with Crippen LogP contribution in [0.2, 0.25) is 0 Å². The fourth-order valence-corrected chi connectivity index (χ4v) is 3.50. The summed E-state index contributed by atoms with van der Waals surface area (Å²) in [7, 11) is 0. The van der Waals surface area contributed by atoms with E-state index in [0.717, 1.165) is 15.7 Å². The number of nitrogens with zero attached hydrogens (tertiary/aromatic N) is 1. The second-order valence-corrected chi connectivity index (χ2v) is 7.33. The fraction of sp³-hybridized carbons (Fsp3) is 0.167. The third kappa shape index (κ3) is 3.77. The number of carbonyl (C=O) groups is 4. The Labute approximate surface area is 178 Å². The molecule has 1 N–H and O–H groups in total. The molecule has 4 rings (SSSR count). The molecule has 31 heavy (non-hydrogen) atoms. The molecule has 3 aromatic rings. The topological polar surface area (TPSA) is 92.8 Å². The zero-order valence-corrected chi connectivity index (χ0v) is 17.0. The van der Waals surface area contributed by atoms with E-state index < -0.39 is 35.8 Å². The summed E-state index contributed by atoms with van der Waals surface area (Å²) in [5, 5.41) is 4.71. The van der Waals surface area contributed by atoms with Crippen LogP contribution in [0.3, 0.4) is 0 Å². The molecule has 0 bridgehead atoms. The van der Waals surface area contributed by atoms with Gasteiger partial charge in [-0.05, 0) is 48.9 Å². The Bertz CT molecular complexity index is 1180. The van der Waals surface area contributed by atoms with Crippen LogP contribution in [-0.2, 0) is 14.3 Å². The van der Waals surface area contributed by atoms with E-state index in [1.54, 1.807) is 18.2 Å². The summed E-state index contributed by atoms with van der Waals surface area (Å²) in [5.74, 6) is -2.47. The van der Waals surface area contributed by atoms with Gasteiger partial charge in [0.05, 0.1) is 11.1 Å². The number of ether oxygens (including phenoxy) is 1. The lowest BCUT2D eigenvalue weighted by atomic mass is 10.1. The summed E-state index contributed by atoms with van der Waals surface area (Å²) < 4.78 is 5.24. The van der Waals surface area contributed by atoms with Crippen LogP contribution in [-0.4, -0.2) is 40.7 Å². The third-order valence-corrected chi connectivity index (χ3v) is 5.23. The second-order valence-electron chi connectivity index (χ2n) is 7.33. The maximum absolute atomic E-state index is 12.6. The van der Waals surface area contributed by atoms with Crippen molar-refractivity contribution in [2.24, 2.45) is 0 Å². The first-order chi connectivity index (χ1) is 14.9. The highest BCUT2D eigenvalue weighted by molar-refractivity contribution is 6.22. The molecule has 0 spiro atoms. The maximum Gasteiger partial charge on any atom is 0.329 e. The molecule has 3 amide bonds. The molecule has 1 aliphatic heterocycles.